The molecule has 0 saturated heterocycles. The molecule has 1 aromatic rings. The van der Waals surface area contributed by atoms with Gasteiger partial charge in [0.15, 0.2) is 0 Å². The Morgan fingerprint density at radius 3 is 2.69 bits per heavy atom. The molecule has 1 saturated carbocycles. The van der Waals surface area contributed by atoms with Gasteiger partial charge < -0.3 is 0 Å². The van der Waals surface area contributed by atoms with Gasteiger partial charge in [0.25, 0.3) is 0 Å². The fourth-order valence-electron chi connectivity index (χ4n) is 2.35. The third-order valence-electron chi connectivity index (χ3n) is 3.56. The van der Waals surface area contributed by atoms with Gasteiger partial charge in [0.05, 0.1) is 0 Å². The summed E-state index contributed by atoms with van der Waals surface area (Å²) < 4.78 is 7.28. The number of hydrogen-bond donors (Lipinski definition) is 0. The molecule has 1 aliphatic rings. The fourth-order valence-corrected chi connectivity index (χ4v) is 5.27. The van der Waals surface area contributed by atoms with E-state index in [1.807, 2.05) is 7.11 Å². The minimum atomic E-state index is 0.119. The van der Waals surface area contributed by atoms with Crippen molar-refractivity contribution in [2.45, 2.75) is 43.0 Å². The SMILES string of the molecule is CO[C@@]1(C)CCCC[C@@H]1[Se]c1ccccc1. The molecular weight excluding hydrogens is 263 g/mol. The zero-order chi connectivity index (χ0) is 11.4. The average Bonchev–Trinajstić information content (AvgIpc) is 2.34. The van der Waals surface area contributed by atoms with Crippen LogP contribution in [0.25, 0.3) is 0 Å². The number of rotatable bonds is 3. The molecular formula is C14H20OSe. The first kappa shape index (κ1) is 12.2. The van der Waals surface area contributed by atoms with Gasteiger partial charge >= 0.3 is 105 Å². The van der Waals surface area contributed by atoms with E-state index in [9.17, 15) is 0 Å². The molecule has 1 aliphatic carbocycles. The van der Waals surface area contributed by atoms with Crippen molar-refractivity contribution in [2.75, 3.05) is 7.11 Å². The van der Waals surface area contributed by atoms with Crippen molar-refractivity contribution in [3.63, 3.8) is 0 Å². The van der Waals surface area contributed by atoms with E-state index in [1.165, 1.54) is 30.1 Å². The Morgan fingerprint density at radius 1 is 1.25 bits per heavy atom. The van der Waals surface area contributed by atoms with Crippen molar-refractivity contribution in [3.8, 4) is 0 Å². The molecule has 88 valence electrons. The Hall–Kier alpha value is -0.301. The van der Waals surface area contributed by atoms with Gasteiger partial charge in [-0.2, -0.15) is 0 Å². The maximum atomic E-state index is 5.78. The number of ether oxygens (including phenoxy) is 1. The van der Waals surface area contributed by atoms with E-state index in [2.05, 4.69) is 37.3 Å². The van der Waals surface area contributed by atoms with E-state index in [0.717, 1.165) is 4.82 Å². The molecule has 16 heavy (non-hydrogen) atoms. The van der Waals surface area contributed by atoms with Crippen LogP contribution >= 0.6 is 0 Å². The zero-order valence-electron chi connectivity index (χ0n) is 10.1. The Labute approximate surface area is 105 Å². The predicted molar refractivity (Wildman–Crippen MR) is 69.5 cm³/mol. The topological polar surface area (TPSA) is 9.23 Å². The molecule has 0 aliphatic heterocycles. The Kier molecular flexibility index (Phi) is 4.07. The van der Waals surface area contributed by atoms with Crippen molar-refractivity contribution in [1.29, 1.82) is 0 Å². The Morgan fingerprint density at radius 2 is 2.00 bits per heavy atom. The van der Waals surface area contributed by atoms with Crippen LogP contribution in [-0.2, 0) is 4.74 Å². The van der Waals surface area contributed by atoms with Crippen molar-refractivity contribution in [2.24, 2.45) is 0 Å². The third-order valence-corrected chi connectivity index (χ3v) is 6.84. The fraction of sp³-hybridized carbons (Fsp3) is 0.571. The molecule has 0 aromatic heterocycles. The van der Waals surface area contributed by atoms with Gasteiger partial charge in [-0.05, 0) is 0 Å². The standard InChI is InChI=1S/C14H20OSe/c1-14(15-2)11-7-6-10-13(14)16-12-8-4-3-5-9-12/h3-5,8-9,13H,6-7,10-11H2,1-2H3/t13-,14-/m0/s1. The summed E-state index contributed by atoms with van der Waals surface area (Å²) in [6, 6.07) is 10.9. The normalized spacial score (nSPS) is 30.2. The summed E-state index contributed by atoms with van der Waals surface area (Å²) >= 11 is 0.548. The van der Waals surface area contributed by atoms with E-state index >= 15 is 0 Å². The van der Waals surface area contributed by atoms with Crippen LogP contribution < -0.4 is 4.46 Å². The van der Waals surface area contributed by atoms with E-state index in [0.29, 0.717) is 15.0 Å². The number of methoxy groups -OCH3 is 1. The Bertz CT molecular complexity index is 325. The van der Waals surface area contributed by atoms with Crippen LogP contribution in [0.15, 0.2) is 30.3 Å². The number of benzene rings is 1. The van der Waals surface area contributed by atoms with Crippen LogP contribution in [0.4, 0.5) is 0 Å². The van der Waals surface area contributed by atoms with Gasteiger partial charge in [-0.15, -0.1) is 0 Å². The minimum absolute atomic E-state index is 0.119. The summed E-state index contributed by atoms with van der Waals surface area (Å²) in [7, 11) is 1.87. The van der Waals surface area contributed by atoms with Crippen LogP contribution in [0.1, 0.15) is 32.6 Å². The predicted octanol–water partition coefficient (Wildman–Crippen LogP) is 2.78. The van der Waals surface area contributed by atoms with Gasteiger partial charge in [0.1, 0.15) is 0 Å². The van der Waals surface area contributed by atoms with Crippen molar-refractivity contribution in [3.05, 3.63) is 30.3 Å². The summed E-state index contributed by atoms with van der Waals surface area (Å²) in [5.74, 6) is 0. The first-order valence-electron chi connectivity index (χ1n) is 6.01. The van der Waals surface area contributed by atoms with Crippen LogP contribution in [0.2, 0.25) is 4.82 Å². The first-order valence-corrected chi connectivity index (χ1v) is 7.86. The van der Waals surface area contributed by atoms with Gasteiger partial charge in [-0.25, -0.2) is 0 Å². The molecule has 2 heteroatoms. The van der Waals surface area contributed by atoms with E-state index in [4.69, 9.17) is 4.74 Å². The quantitative estimate of drug-likeness (QED) is 0.775. The molecule has 0 heterocycles. The molecule has 0 amide bonds. The van der Waals surface area contributed by atoms with Crippen molar-refractivity contribution in [1.82, 2.24) is 0 Å². The number of hydrogen-bond acceptors (Lipinski definition) is 1. The molecule has 0 unspecified atom stereocenters. The average molecular weight is 283 g/mol. The molecule has 0 radical (unpaired) electrons. The van der Waals surface area contributed by atoms with Crippen LogP contribution in [0, 0.1) is 0 Å². The molecule has 1 fully saturated rings. The molecule has 0 bridgehead atoms. The van der Waals surface area contributed by atoms with Crippen LogP contribution in [-0.4, -0.2) is 27.7 Å². The van der Waals surface area contributed by atoms with E-state index < -0.39 is 0 Å². The van der Waals surface area contributed by atoms with E-state index in [-0.39, 0.29) is 5.60 Å². The van der Waals surface area contributed by atoms with E-state index in [1.54, 1.807) is 0 Å². The summed E-state index contributed by atoms with van der Waals surface area (Å²) in [6.07, 6.45) is 5.26. The van der Waals surface area contributed by atoms with Crippen LogP contribution in [0.3, 0.4) is 0 Å². The van der Waals surface area contributed by atoms with Gasteiger partial charge in [0.2, 0.25) is 0 Å². The van der Waals surface area contributed by atoms with Gasteiger partial charge in [-0.3, -0.25) is 0 Å². The second-order valence-corrected chi connectivity index (χ2v) is 7.36. The summed E-state index contributed by atoms with van der Waals surface area (Å²) in [5.41, 5.74) is 0.119. The van der Waals surface area contributed by atoms with Crippen molar-refractivity contribution < 1.29 is 4.74 Å². The summed E-state index contributed by atoms with van der Waals surface area (Å²) in [4.78, 5) is 0.737. The molecule has 1 aromatic carbocycles. The Balaban J connectivity index is 2.07. The molecule has 2 rings (SSSR count). The molecule has 0 spiro atoms. The monoisotopic (exact) mass is 284 g/mol. The summed E-state index contributed by atoms with van der Waals surface area (Å²) in [6.45, 7) is 2.29. The van der Waals surface area contributed by atoms with Crippen LogP contribution in [0.5, 0.6) is 0 Å². The van der Waals surface area contributed by atoms with Gasteiger partial charge in [-0.1, -0.05) is 0 Å². The summed E-state index contributed by atoms with van der Waals surface area (Å²) in [5, 5.41) is 0. The maximum absolute atomic E-state index is 5.78. The second kappa shape index (κ2) is 5.35. The molecule has 2 atom stereocenters. The van der Waals surface area contributed by atoms with Gasteiger partial charge in [0, 0.05) is 0 Å². The molecule has 1 nitrogen and oxygen atoms in total. The zero-order valence-corrected chi connectivity index (χ0v) is 11.8. The van der Waals surface area contributed by atoms with Crippen molar-refractivity contribution >= 4 is 19.4 Å². The first-order chi connectivity index (χ1) is 7.74. The second-order valence-electron chi connectivity index (χ2n) is 4.68. The molecule has 0 N–H and O–H groups in total. The third kappa shape index (κ3) is 2.68.